The number of aryl methyl sites for hydroxylation is 1. The maximum atomic E-state index is 6.22. The van der Waals surface area contributed by atoms with Gasteiger partial charge in [0, 0.05) is 11.3 Å². The summed E-state index contributed by atoms with van der Waals surface area (Å²) in [5.74, 6) is 1.02. The lowest BCUT2D eigenvalue weighted by molar-refractivity contribution is 0.847. The third kappa shape index (κ3) is 2.87. The van der Waals surface area contributed by atoms with Gasteiger partial charge in [-0.15, -0.1) is 0 Å². The molecule has 1 nitrogen and oxygen atoms in total. The van der Waals surface area contributed by atoms with Gasteiger partial charge in [0.25, 0.3) is 0 Å². The van der Waals surface area contributed by atoms with Crippen LogP contribution in [0.2, 0.25) is 0 Å². The second kappa shape index (κ2) is 5.70. The SMILES string of the molecule is Cc1ccc(N)c(-c2cc(C(C)C)ccc2C(C)C)c1. The summed E-state index contributed by atoms with van der Waals surface area (Å²) in [6.45, 7) is 11.0. The van der Waals surface area contributed by atoms with Crippen molar-refractivity contribution in [1.29, 1.82) is 0 Å². The Morgan fingerprint density at radius 2 is 1.50 bits per heavy atom. The fraction of sp³-hybridized carbons (Fsp3) is 0.368. The topological polar surface area (TPSA) is 26.0 Å². The maximum Gasteiger partial charge on any atom is 0.0394 e. The Bertz CT molecular complexity index is 609. The molecule has 2 rings (SSSR count). The van der Waals surface area contributed by atoms with Gasteiger partial charge in [0.2, 0.25) is 0 Å². The predicted octanol–water partition coefficient (Wildman–Crippen LogP) is 5.49. The van der Waals surface area contributed by atoms with Crippen LogP contribution >= 0.6 is 0 Å². The third-order valence-electron chi connectivity index (χ3n) is 3.86. The molecule has 0 radical (unpaired) electrons. The number of nitrogen functional groups attached to an aromatic ring is 1. The van der Waals surface area contributed by atoms with E-state index in [-0.39, 0.29) is 0 Å². The molecule has 0 aromatic heterocycles. The Kier molecular flexibility index (Phi) is 4.17. The number of nitrogens with two attached hydrogens (primary N) is 1. The summed E-state index contributed by atoms with van der Waals surface area (Å²) in [5, 5.41) is 0. The number of hydrogen-bond acceptors (Lipinski definition) is 1. The summed E-state index contributed by atoms with van der Waals surface area (Å²) in [7, 11) is 0. The monoisotopic (exact) mass is 267 g/mol. The van der Waals surface area contributed by atoms with Crippen molar-refractivity contribution in [3.05, 3.63) is 53.1 Å². The molecule has 0 aliphatic heterocycles. The molecule has 0 saturated carbocycles. The fourth-order valence-corrected chi connectivity index (χ4v) is 2.57. The van der Waals surface area contributed by atoms with Crippen LogP contribution in [0.4, 0.5) is 5.69 Å². The van der Waals surface area contributed by atoms with Crippen molar-refractivity contribution in [3.63, 3.8) is 0 Å². The molecule has 2 aromatic rings. The average Bonchev–Trinajstić information content (AvgIpc) is 2.40. The van der Waals surface area contributed by atoms with Gasteiger partial charge in [0.15, 0.2) is 0 Å². The maximum absolute atomic E-state index is 6.22. The first kappa shape index (κ1) is 14.6. The van der Waals surface area contributed by atoms with Crippen LogP contribution in [-0.4, -0.2) is 0 Å². The summed E-state index contributed by atoms with van der Waals surface area (Å²) in [6.07, 6.45) is 0. The summed E-state index contributed by atoms with van der Waals surface area (Å²) >= 11 is 0. The van der Waals surface area contributed by atoms with E-state index in [4.69, 9.17) is 5.73 Å². The zero-order valence-electron chi connectivity index (χ0n) is 13.2. The average molecular weight is 267 g/mol. The zero-order chi connectivity index (χ0) is 14.9. The largest absolute Gasteiger partial charge is 0.398 e. The van der Waals surface area contributed by atoms with Crippen molar-refractivity contribution in [3.8, 4) is 11.1 Å². The lowest BCUT2D eigenvalue weighted by Gasteiger charge is -2.18. The molecule has 0 atom stereocenters. The molecule has 0 unspecified atom stereocenters. The molecular weight excluding hydrogens is 242 g/mol. The van der Waals surface area contributed by atoms with Crippen molar-refractivity contribution in [1.82, 2.24) is 0 Å². The van der Waals surface area contributed by atoms with Gasteiger partial charge in [0.05, 0.1) is 0 Å². The molecule has 20 heavy (non-hydrogen) atoms. The van der Waals surface area contributed by atoms with E-state index in [1.165, 1.54) is 22.3 Å². The Morgan fingerprint density at radius 3 is 2.10 bits per heavy atom. The van der Waals surface area contributed by atoms with Crippen LogP contribution in [0.3, 0.4) is 0 Å². The summed E-state index contributed by atoms with van der Waals surface area (Å²) in [6, 6.07) is 13.1. The van der Waals surface area contributed by atoms with Gasteiger partial charge in [-0.3, -0.25) is 0 Å². The van der Waals surface area contributed by atoms with Gasteiger partial charge >= 0.3 is 0 Å². The lowest BCUT2D eigenvalue weighted by Crippen LogP contribution is -1.99. The van der Waals surface area contributed by atoms with Crippen LogP contribution in [0.1, 0.15) is 56.2 Å². The van der Waals surface area contributed by atoms with Crippen molar-refractivity contribution in [2.24, 2.45) is 0 Å². The van der Waals surface area contributed by atoms with E-state index in [0.29, 0.717) is 11.8 Å². The first-order chi connectivity index (χ1) is 9.40. The summed E-state index contributed by atoms with van der Waals surface area (Å²) < 4.78 is 0. The van der Waals surface area contributed by atoms with Crippen LogP contribution in [0.15, 0.2) is 36.4 Å². The number of hydrogen-bond donors (Lipinski definition) is 1. The standard InChI is InChI=1S/C19H25N/c1-12(2)15-7-8-16(13(3)4)17(11-15)18-10-14(5)6-9-19(18)20/h6-13H,20H2,1-5H3. The van der Waals surface area contributed by atoms with E-state index in [2.05, 4.69) is 65.0 Å². The van der Waals surface area contributed by atoms with E-state index in [1.54, 1.807) is 0 Å². The quantitative estimate of drug-likeness (QED) is 0.731. The number of anilines is 1. The first-order valence-corrected chi connectivity index (χ1v) is 7.40. The highest BCUT2D eigenvalue weighted by molar-refractivity contribution is 5.80. The van der Waals surface area contributed by atoms with Gasteiger partial charge in [0.1, 0.15) is 0 Å². The van der Waals surface area contributed by atoms with Crippen molar-refractivity contribution < 1.29 is 0 Å². The first-order valence-electron chi connectivity index (χ1n) is 7.40. The van der Waals surface area contributed by atoms with E-state index >= 15 is 0 Å². The fourth-order valence-electron chi connectivity index (χ4n) is 2.57. The highest BCUT2D eigenvalue weighted by Gasteiger charge is 2.13. The van der Waals surface area contributed by atoms with Gasteiger partial charge in [-0.05, 0) is 47.6 Å². The second-order valence-corrected chi connectivity index (χ2v) is 6.25. The smallest absolute Gasteiger partial charge is 0.0394 e. The molecule has 0 aliphatic rings. The summed E-state index contributed by atoms with van der Waals surface area (Å²) in [5.41, 5.74) is 13.5. The summed E-state index contributed by atoms with van der Waals surface area (Å²) in [4.78, 5) is 0. The Balaban J connectivity index is 2.69. The highest BCUT2D eigenvalue weighted by atomic mass is 14.6. The van der Waals surface area contributed by atoms with Crippen molar-refractivity contribution in [2.75, 3.05) is 5.73 Å². The van der Waals surface area contributed by atoms with Crippen LogP contribution < -0.4 is 5.73 Å². The molecule has 0 aliphatic carbocycles. The minimum Gasteiger partial charge on any atom is -0.398 e. The third-order valence-corrected chi connectivity index (χ3v) is 3.86. The van der Waals surface area contributed by atoms with Crippen LogP contribution in [0.5, 0.6) is 0 Å². The van der Waals surface area contributed by atoms with Crippen LogP contribution in [0, 0.1) is 6.92 Å². The van der Waals surface area contributed by atoms with E-state index in [0.717, 1.165) is 11.3 Å². The second-order valence-electron chi connectivity index (χ2n) is 6.25. The Labute approximate surface area is 122 Å². The van der Waals surface area contributed by atoms with Crippen molar-refractivity contribution >= 4 is 5.69 Å². The number of benzene rings is 2. The normalized spacial score (nSPS) is 11.3. The Hall–Kier alpha value is -1.76. The van der Waals surface area contributed by atoms with Crippen LogP contribution in [-0.2, 0) is 0 Å². The molecule has 0 spiro atoms. The van der Waals surface area contributed by atoms with E-state index in [1.807, 2.05) is 6.07 Å². The molecule has 0 heterocycles. The van der Waals surface area contributed by atoms with Gasteiger partial charge in [-0.25, -0.2) is 0 Å². The molecule has 0 amide bonds. The molecule has 0 saturated heterocycles. The minimum absolute atomic E-state index is 0.492. The number of rotatable bonds is 3. The van der Waals surface area contributed by atoms with E-state index < -0.39 is 0 Å². The van der Waals surface area contributed by atoms with Gasteiger partial charge in [-0.1, -0.05) is 57.5 Å². The molecule has 2 aromatic carbocycles. The van der Waals surface area contributed by atoms with E-state index in [9.17, 15) is 0 Å². The van der Waals surface area contributed by atoms with Gasteiger partial charge in [-0.2, -0.15) is 0 Å². The molecule has 0 fully saturated rings. The van der Waals surface area contributed by atoms with Gasteiger partial charge < -0.3 is 5.73 Å². The lowest BCUT2D eigenvalue weighted by atomic mass is 9.87. The Morgan fingerprint density at radius 1 is 0.800 bits per heavy atom. The molecular formula is C19H25N. The minimum atomic E-state index is 0.492. The molecule has 1 heteroatoms. The molecule has 0 bridgehead atoms. The zero-order valence-corrected chi connectivity index (χ0v) is 13.2. The predicted molar refractivity (Wildman–Crippen MR) is 89.2 cm³/mol. The van der Waals surface area contributed by atoms with Crippen LogP contribution in [0.25, 0.3) is 11.1 Å². The van der Waals surface area contributed by atoms with Crippen molar-refractivity contribution in [2.45, 2.75) is 46.5 Å². The highest BCUT2D eigenvalue weighted by Crippen LogP contribution is 2.35. The molecule has 2 N–H and O–H groups in total. The molecule has 106 valence electrons.